The molecule has 2 rings (SSSR count). The van der Waals surface area contributed by atoms with E-state index < -0.39 is 11.9 Å². The number of hydrogen-bond donors (Lipinski definition) is 1. The van der Waals surface area contributed by atoms with Gasteiger partial charge in [0.25, 0.3) is 0 Å². The van der Waals surface area contributed by atoms with Crippen LogP contribution in [0.2, 0.25) is 5.02 Å². The van der Waals surface area contributed by atoms with E-state index in [-0.39, 0.29) is 16.9 Å². The predicted molar refractivity (Wildman–Crippen MR) is 68.2 cm³/mol. The molecule has 0 aliphatic carbocycles. The number of amides is 2. The highest BCUT2D eigenvalue weighted by atomic mass is 35.5. The molecule has 0 saturated heterocycles. The quantitative estimate of drug-likeness (QED) is 0.917. The van der Waals surface area contributed by atoms with Crippen molar-refractivity contribution < 1.29 is 9.18 Å². The molecule has 4 nitrogen and oxygen atoms in total. The van der Waals surface area contributed by atoms with Crippen LogP contribution in [0.5, 0.6) is 0 Å². The van der Waals surface area contributed by atoms with Crippen LogP contribution in [-0.2, 0) is 0 Å². The first-order chi connectivity index (χ1) is 8.54. The number of amidine groups is 1. The van der Waals surface area contributed by atoms with Crippen LogP contribution < -0.4 is 5.73 Å². The van der Waals surface area contributed by atoms with Crippen molar-refractivity contribution in [3.63, 3.8) is 0 Å². The van der Waals surface area contributed by atoms with Crippen molar-refractivity contribution in [3.05, 3.63) is 34.6 Å². The Morgan fingerprint density at radius 2 is 2.28 bits per heavy atom. The lowest BCUT2D eigenvalue weighted by atomic mass is 10.0. The lowest BCUT2D eigenvalue weighted by Gasteiger charge is -2.24. The molecule has 1 unspecified atom stereocenters. The number of carbonyl (C=O) groups is 1. The van der Waals surface area contributed by atoms with Crippen molar-refractivity contribution in [2.45, 2.75) is 19.4 Å². The van der Waals surface area contributed by atoms with E-state index in [1.165, 1.54) is 23.1 Å². The largest absolute Gasteiger partial charge is 0.385 e. The van der Waals surface area contributed by atoms with Gasteiger partial charge in [-0.05, 0) is 18.6 Å². The molecule has 0 aromatic heterocycles. The zero-order chi connectivity index (χ0) is 13.3. The normalized spacial score (nSPS) is 19.3. The van der Waals surface area contributed by atoms with Gasteiger partial charge in [-0.15, -0.1) is 0 Å². The summed E-state index contributed by atoms with van der Waals surface area (Å²) in [6.07, 6.45) is 0.782. The van der Waals surface area contributed by atoms with E-state index in [0.717, 1.165) is 6.42 Å². The van der Waals surface area contributed by atoms with Crippen LogP contribution in [0.4, 0.5) is 9.18 Å². The van der Waals surface area contributed by atoms with Crippen LogP contribution in [0, 0.1) is 5.82 Å². The minimum atomic E-state index is -0.495. The zero-order valence-electron chi connectivity index (χ0n) is 9.86. The van der Waals surface area contributed by atoms with Crippen LogP contribution in [0.3, 0.4) is 0 Å². The smallest absolute Gasteiger partial charge is 0.346 e. The second-order valence-corrected chi connectivity index (χ2v) is 4.49. The molecule has 18 heavy (non-hydrogen) atoms. The van der Waals surface area contributed by atoms with Gasteiger partial charge in [0.05, 0.1) is 0 Å². The van der Waals surface area contributed by atoms with Gasteiger partial charge in [-0.3, -0.25) is 0 Å². The maximum Gasteiger partial charge on any atom is 0.346 e. The van der Waals surface area contributed by atoms with Gasteiger partial charge in [-0.2, -0.15) is 4.99 Å². The monoisotopic (exact) mass is 269 g/mol. The second kappa shape index (κ2) is 4.94. The topological polar surface area (TPSA) is 58.7 Å². The number of halogens is 2. The number of rotatable bonds is 3. The summed E-state index contributed by atoms with van der Waals surface area (Å²) in [6.45, 7) is 2.48. The molecule has 0 radical (unpaired) electrons. The lowest BCUT2D eigenvalue weighted by Crippen LogP contribution is -2.34. The van der Waals surface area contributed by atoms with Crippen LogP contribution >= 0.6 is 11.6 Å². The third-order valence-corrected chi connectivity index (χ3v) is 3.11. The average molecular weight is 270 g/mol. The molecule has 1 atom stereocenters. The molecule has 0 spiro atoms. The molecule has 2 N–H and O–H groups in total. The molecular formula is C12H13ClFN3O. The third kappa shape index (κ3) is 2.18. The lowest BCUT2D eigenvalue weighted by molar-refractivity contribution is 0.206. The molecule has 1 aromatic rings. The van der Waals surface area contributed by atoms with Crippen molar-refractivity contribution in [3.8, 4) is 0 Å². The molecular weight excluding hydrogens is 257 g/mol. The number of carbonyl (C=O) groups excluding carboxylic acids is 1. The van der Waals surface area contributed by atoms with Crippen LogP contribution in [0.25, 0.3) is 0 Å². The van der Waals surface area contributed by atoms with E-state index in [4.69, 9.17) is 17.3 Å². The molecule has 6 heteroatoms. The summed E-state index contributed by atoms with van der Waals surface area (Å²) in [4.78, 5) is 17.0. The minimum absolute atomic E-state index is 0.196. The van der Waals surface area contributed by atoms with Crippen LogP contribution in [0.1, 0.15) is 24.9 Å². The summed E-state index contributed by atoms with van der Waals surface area (Å²) in [7, 11) is 0. The van der Waals surface area contributed by atoms with Gasteiger partial charge in [0, 0.05) is 17.1 Å². The first-order valence-electron chi connectivity index (χ1n) is 5.64. The highest BCUT2D eigenvalue weighted by molar-refractivity contribution is 6.31. The second-order valence-electron chi connectivity index (χ2n) is 4.08. The molecule has 2 amide bonds. The first-order valence-corrected chi connectivity index (χ1v) is 6.02. The van der Waals surface area contributed by atoms with E-state index in [1.807, 2.05) is 6.92 Å². The Hall–Kier alpha value is -1.62. The first kappa shape index (κ1) is 12.8. The number of hydrogen-bond acceptors (Lipinski definition) is 2. The number of benzene rings is 1. The number of aliphatic imine (C=N–C) groups is 1. The summed E-state index contributed by atoms with van der Waals surface area (Å²) in [5.74, 6) is -0.229. The van der Waals surface area contributed by atoms with Gasteiger partial charge in [-0.25, -0.2) is 9.18 Å². The summed E-state index contributed by atoms with van der Waals surface area (Å²) in [5.41, 5.74) is 6.36. The number of nitrogens with two attached hydrogens (primary N) is 1. The number of nitrogens with zero attached hydrogens (tertiary/aromatic N) is 2. The summed E-state index contributed by atoms with van der Waals surface area (Å²) >= 11 is 6.00. The van der Waals surface area contributed by atoms with Gasteiger partial charge in [0.2, 0.25) is 0 Å². The fourth-order valence-corrected chi connectivity index (χ4v) is 2.29. The van der Waals surface area contributed by atoms with Gasteiger partial charge in [-0.1, -0.05) is 24.6 Å². The van der Waals surface area contributed by atoms with Crippen LogP contribution in [-0.4, -0.2) is 23.3 Å². The fraction of sp³-hybridized carbons (Fsp3) is 0.333. The maximum absolute atomic E-state index is 13.0. The van der Waals surface area contributed by atoms with Gasteiger partial charge in [0.15, 0.2) is 0 Å². The molecule has 0 fully saturated rings. The van der Waals surface area contributed by atoms with Gasteiger partial charge < -0.3 is 10.6 Å². The van der Waals surface area contributed by atoms with Crippen molar-refractivity contribution >= 4 is 23.5 Å². The van der Waals surface area contributed by atoms with Crippen molar-refractivity contribution in [1.82, 2.24) is 4.90 Å². The Labute approximate surface area is 109 Å². The van der Waals surface area contributed by atoms with E-state index in [1.54, 1.807) is 0 Å². The third-order valence-electron chi connectivity index (χ3n) is 2.78. The molecule has 0 saturated carbocycles. The Kier molecular flexibility index (Phi) is 3.52. The Balaban J connectivity index is 2.41. The summed E-state index contributed by atoms with van der Waals surface area (Å²) in [5, 5.41) is 0.244. The van der Waals surface area contributed by atoms with Gasteiger partial charge in [0.1, 0.15) is 17.7 Å². The van der Waals surface area contributed by atoms with Crippen molar-refractivity contribution in [2.75, 3.05) is 6.54 Å². The molecule has 1 aromatic carbocycles. The Morgan fingerprint density at radius 3 is 2.89 bits per heavy atom. The maximum atomic E-state index is 13.0. The van der Waals surface area contributed by atoms with E-state index >= 15 is 0 Å². The minimum Gasteiger partial charge on any atom is -0.385 e. The molecule has 96 valence electrons. The van der Waals surface area contributed by atoms with E-state index in [2.05, 4.69) is 4.99 Å². The average Bonchev–Trinajstić information content (AvgIpc) is 2.56. The van der Waals surface area contributed by atoms with E-state index in [0.29, 0.717) is 12.1 Å². The highest BCUT2D eigenvalue weighted by Crippen LogP contribution is 2.32. The predicted octanol–water partition coefficient (Wildman–Crippen LogP) is 2.72. The standard InChI is InChI=1S/C12H13ClFN3O/c1-2-5-17-10(11(15)16-12(17)18)8-4-3-7(14)6-9(8)13/h3-4,6,10H,2,5H2,1H3,(H2,15,16,18). The SMILES string of the molecule is CCCN1C(=O)N=C(N)C1c1ccc(F)cc1Cl. The van der Waals surface area contributed by atoms with Crippen LogP contribution in [0.15, 0.2) is 23.2 Å². The summed E-state index contributed by atoms with van der Waals surface area (Å²) in [6, 6.07) is 3.16. The Morgan fingerprint density at radius 1 is 1.56 bits per heavy atom. The number of urea groups is 1. The molecule has 1 aliphatic rings. The molecule has 0 bridgehead atoms. The summed E-state index contributed by atoms with van der Waals surface area (Å²) < 4.78 is 13.0. The highest BCUT2D eigenvalue weighted by Gasteiger charge is 2.35. The Bertz CT molecular complexity index is 518. The van der Waals surface area contributed by atoms with E-state index in [9.17, 15) is 9.18 Å². The van der Waals surface area contributed by atoms with Gasteiger partial charge >= 0.3 is 6.03 Å². The zero-order valence-corrected chi connectivity index (χ0v) is 10.6. The fourth-order valence-electron chi connectivity index (χ4n) is 2.02. The molecule has 1 heterocycles. The molecule has 1 aliphatic heterocycles. The van der Waals surface area contributed by atoms with Crippen molar-refractivity contribution in [1.29, 1.82) is 0 Å². The van der Waals surface area contributed by atoms with Crippen molar-refractivity contribution in [2.24, 2.45) is 10.7 Å².